The Balaban J connectivity index is 3.38. The van der Waals surface area contributed by atoms with Gasteiger partial charge in [-0.3, -0.25) is 4.79 Å². The van der Waals surface area contributed by atoms with Crippen LogP contribution in [-0.2, 0) is 23.7 Å². The topological polar surface area (TPSA) is 66.0 Å². The van der Waals surface area contributed by atoms with Crippen molar-refractivity contribution < 1.29 is 23.7 Å². The summed E-state index contributed by atoms with van der Waals surface area (Å²) in [5.41, 5.74) is 0. The molecule has 0 heterocycles. The lowest BCUT2D eigenvalue weighted by molar-refractivity contribution is -0.127. The molecule has 0 fully saturated rings. The fourth-order valence-corrected chi connectivity index (χ4v) is 1.35. The van der Waals surface area contributed by atoms with E-state index < -0.39 is 0 Å². The summed E-state index contributed by atoms with van der Waals surface area (Å²) in [5, 5.41) is 2.77. The molecule has 0 aliphatic heterocycles. The Labute approximate surface area is 115 Å². The number of nitrogens with one attached hydrogen (secondary N) is 1. The van der Waals surface area contributed by atoms with Crippen molar-refractivity contribution in [2.45, 2.75) is 25.9 Å². The van der Waals surface area contributed by atoms with Gasteiger partial charge >= 0.3 is 0 Å². The predicted molar refractivity (Wildman–Crippen MR) is 72.2 cm³/mol. The van der Waals surface area contributed by atoms with Crippen LogP contribution in [0, 0.1) is 0 Å². The Kier molecular flexibility index (Phi) is 13.2. The van der Waals surface area contributed by atoms with Crippen LogP contribution >= 0.6 is 0 Å². The number of carbonyl (C=O) groups excluding carboxylic acids is 1. The Bertz CT molecular complexity index is 213. The lowest BCUT2D eigenvalue weighted by Crippen LogP contribution is -2.31. The predicted octanol–water partition coefficient (Wildman–Crippen LogP) is 0.597. The highest BCUT2D eigenvalue weighted by Crippen LogP contribution is 1.92. The molecule has 0 saturated carbocycles. The van der Waals surface area contributed by atoms with E-state index in [1.807, 2.05) is 0 Å². The Morgan fingerprint density at radius 2 is 1.95 bits per heavy atom. The van der Waals surface area contributed by atoms with Gasteiger partial charge in [0.05, 0.1) is 13.2 Å². The molecule has 0 aliphatic carbocycles. The molecule has 6 nitrogen and oxygen atoms in total. The van der Waals surface area contributed by atoms with Crippen LogP contribution in [0.2, 0.25) is 0 Å². The third-order valence-electron chi connectivity index (χ3n) is 2.36. The van der Waals surface area contributed by atoms with Crippen LogP contribution in [0.15, 0.2) is 0 Å². The van der Waals surface area contributed by atoms with Crippen LogP contribution in [0.4, 0.5) is 0 Å². The number of carbonyl (C=O) groups is 1. The Hall–Kier alpha value is -0.690. The molecule has 0 rings (SSSR count). The average molecular weight is 277 g/mol. The van der Waals surface area contributed by atoms with Crippen molar-refractivity contribution in [3.05, 3.63) is 0 Å². The SMILES string of the molecule is CCCOCCCNC(=O)COCC(COC)OC. The van der Waals surface area contributed by atoms with Crippen molar-refractivity contribution in [1.29, 1.82) is 0 Å². The van der Waals surface area contributed by atoms with Crippen molar-refractivity contribution in [3.8, 4) is 0 Å². The van der Waals surface area contributed by atoms with E-state index in [0.29, 0.717) is 26.4 Å². The minimum atomic E-state index is -0.139. The molecule has 0 aromatic rings. The summed E-state index contributed by atoms with van der Waals surface area (Å²) >= 11 is 0. The fourth-order valence-electron chi connectivity index (χ4n) is 1.35. The maximum Gasteiger partial charge on any atom is 0.246 e. The summed E-state index contributed by atoms with van der Waals surface area (Å²) in [6.07, 6.45) is 1.69. The highest BCUT2D eigenvalue weighted by molar-refractivity contribution is 5.77. The molecule has 1 unspecified atom stereocenters. The summed E-state index contributed by atoms with van der Waals surface area (Å²) in [6.45, 7) is 4.96. The molecule has 0 spiro atoms. The summed E-state index contributed by atoms with van der Waals surface area (Å²) < 4.78 is 20.6. The smallest absolute Gasteiger partial charge is 0.246 e. The lowest BCUT2D eigenvalue weighted by Gasteiger charge is -2.14. The van der Waals surface area contributed by atoms with Gasteiger partial charge in [-0.15, -0.1) is 0 Å². The number of hydrogen-bond donors (Lipinski definition) is 1. The van der Waals surface area contributed by atoms with Gasteiger partial charge in [-0.25, -0.2) is 0 Å². The van der Waals surface area contributed by atoms with E-state index in [1.54, 1.807) is 14.2 Å². The first-order chi connectivity index (χ1) is 9.24. The van der Waals surface area contributed by atoms with Gasteiger partial charge in [0.1, 0.15) is 12.7 Å². The highest BCUT2D eigenvalue weighted by atomic mass is 16.5. The fraction of sp³-hybridized carbons (Fsp3) is 0.923. The van der Waals surface area contributed by atoms with Gasteiger partial charge in [-0.1, -0.05) is 6.92 Å². The molecule has 0 aromatic heterocycles. The van der Waals surface area contributed by atoms with Crippen LogP contribution in [0.25, 0.3) is 0 Å². The molecule has 0 radical (unpaired) electrons. The summed E-state index contributed by atoms with van der Waals surface area (Å²) in [7, 11) is 3.18. The summed E-state index contributed by atoms with van der Waals surface area (Å²) in [4.78, 5) is 11.4. The van der Waals surface area contributed by atoms with E-state index in [0.717, 1.165) is 19.4 Å². The first-order valence-corrected chi connectivity index (χ1v) is 6.68. The van der Waals surface area contributed by atoms with Gasteiger partial charge < -0.3 is 24.3 Å². The molecule has 1 N–H and O–H groups in total. The quantitative estimate of drug-likeness (QED) is 0.499. The van der Waals surface area contributed by atoms with Crippen LogP contribution in [0.5, 0.6) is 0 Å². The lowest BCUT2D eigenvalue weighted by atomic mass is 10.4. The first-order valence-electron chi connectivity index (χ1n) is 6.68. The molecule has 114 valence electrons. The minimum Gasteiger partial charge on any atom is -0.382 e. The second kappa shape index (κ2) is 13.7. The van der Waals surface area contributed by atoms with Crippen LogP contribution in [0.3, 0.4) is 0 Å². The van der Waals surface area contributed by atoms with Gasteiger partial charge in [-0.05, 0) is 12.8 Å². The molecular formula is C13H27NO5. The number of rotatable bonds is 13. The zero-order valence-electron chi connectivity index (χ0n) is 12.3. The number of ether oxygens (including phenoxy) is 4. The maximum absolute atomic E-state index is 11.4. The van der Waals surface area contributed by atoms with Crippen molar-refractivity contribution in [3.63, 3.8) is 0 Å². The largest absolute Gasteiger partial charge is 0.382 e. The van der Waals surface area contributed by atoms with E-state index in [4.69, 9.17) is 18.9 Å². The van der Waals surface area contributed by atoms with Gasteiger partial charge in [-0.2, -0.15) is 0 Å². The summed E-state index contributed by atoms with van der Waals surface area (Å²) in [5.74, 6) is -0.122. The molecule has 0 aromatic carbocycles. The van der Waals surface area contributed by atoms with E-state index in [2.05, 4.69) is 12.2 Å². The molecule has 19 heavy (non-hydrogen) atoms. The normalized spacial score (nSPS) is 12.4. The monoisotopic (exact) mass is 277 g/mol. The van der Waals surface area contributed by atoms with Crippen molar-refractivity contribution in [1.82, 2.24) is 5.32 Å². The highest BCUT2D eigenvalue weighted by Gasteiger charge is 2.08. The van der Waals surface area contributed by atoms with E-state index >= 15 is 0 Å². The molecular weight excluding hydrogens is 250 g/mol. The number of hydrogen-bond acceptors (Lipinski definition) is 5. The van der Waals surface area contributed by atoms with Gasteiger partial charge in [0.25, 0.3) is 0 Å². The van der Waals surface area contributed by atoms with Crippen molar-refractivity contribution >= 4 is 5.91 Å². The molecule has 1 amide bonds. The van der Waals surface area contributed by atoms with E-state index in [1.165, 1.54) is 0 Å². The third-order valence-corrected chi connectivity index (χ3v) is 2.36. The second-order valence-corrected chi connectivity index (χ2v) is 4.14. The minimum absolute atomic E-state index is 0.0411. The van der Waals surface area contributed by atoms with Crippen molar-refractivity contribution in [2.75, 3.05) is 53.8 Å². The zero-order chi connectivity index (χ0) is 14.3. The van der Waals surface area contributed by atoms with Crippen LogP contribution < -0.4 is 5.32 Å². The second-order valence-electron chi connectivity index (χ2n) is 4.14. The standard InChI is InChI=1S/C13H27NO5/c1-4-7-18-8-5-6-14-13(15)11-19-10-12(17-3)9-16-2/h12H,4-11H2,1-3H3,(H,14,15). The van der Waals surface area contributed by atoms with Gasteiger partial charge in [0.15, 0.2) is 0 Å². The van der Waals surface area contributed by atoms with Crippen LogP contribution in [-0.4, -0.2) is 65.8 Å². The molecule has 6 heteroatoms. The first kappa shape index (κ1) is 18.3. The average Bonchev–Trinajstić information content (AvgIpc) is 2.41. The molecule has 1 atom stereocenters. The zero-order valence-corrected chi connectivity index (χ0v) is 12.3. The van der Waals surface area contributed by atoms with Gasteiger partial charge in [0.2, 0.25) is 5.91 Å². The maximum atomic E-state index is 11.4. The van der Waals surface area contributed by atoms with E-state index in [-0.39, 0.29) is 18.6 Å². The molecule has 0 saturated heterocycles. The van der Waals surface area contributed by atoms with Crippen LogP contribution in [0.1, 0.15) is 19.8 Å². The van der Waals surface area contributed by atoms with Gasteiger partial charge in [0, 0.05) is 34.0 Å². The van der Waals surface area contributed by atoms with Crippen molar-refractivity contribution in [2.24, 2.45) is 0 Å². The molecule has 0 bridgehead atoms. The number of methoxy groups -OCH3 is 2. The van der Waals surface area contributed by atoms with E-state index in [9.17, 15) is 4.79 Å². The third kappa shape index (κ3) is 12.1. The summed E-state index contributed by atoms with van der Waals surface area (Å²) in [6, 6.07) is 0. The Morgan fingerprint density at radius 1 is 1.16 bits per heavy atom. The Morgan fingerprint density at radius 3 is 2.58 bits per heavy atom. The molecule has 0 aliphatic rings. The number of amides is 1.